The molecule has 6 nitrogen and oxygen atoms in total. The van der Waals surface area contributed by atoms with Gasteiger partial charge in [0.1, 0.15) is 0 Å². The van der Waals surface area contributed by atoms with Crippen molar-refractivity contribution in [1.82, 2.24) is 5.32 Å². The maximum Gasteiger partial charge on any atom is 0.251 e. The molecule has 0 aliphatic rings. The van der Waals surface area contributed by atoms with Crippen LogP contribution in [0.1, 0.15) is 35.7 Å². The highest BCUT2D eigenvalue weighted by molar-refractivity contribution is 5.97. The van der Waals surface area contributed by atoms with Crippen LogP contribution in [0.25, 0.3) is 0 Å². The lowest BCUT2D eigenvalue weighted by Gasteiger charge is -2.09. The summed E-state index contributed by atoms with van der Waals surface area (Å²) in [4.78, 5) is 24.4. The molecular weight excluding hydrogens is 342 g/mol. The second-order valence-corrected chi connectivity index (χ2v) is 6.13. The van der Waals surface area contributed by atoms with Crippen molar-refractivity contribution in [2.75, 3.05) is 30.8 Å². The summed E-state index contributed by atoms with van der Waals surface area (Å²) >= 11 is 0. The van der Waals surface area contributed by atoms with Crippen molar-refractivity contribution in [2.24, 2.45) is 0 Å². The van der Waals surface area contributed by atoms with E-state index in [2.05, 4.69) is 10.6 Å². The number of hydrogen-bond donors (Lipinski definition) is 3. The zero-order chi connectivity index (χ0) is 19.5. The first-order chi connectivity index (χ1) is 13.1. The second-order valence-electron chi connectivity index (χ2n) is 6.13. The number of benzene rings is 2. The van der Waals surface area contributed by atoms with E-state index in [0.717, 1.165) is 12.0 Å². The van der Waals surface area contributed by atoms with Crippen LogP contribution in [0.15, 0.2) is 48.5 Å². The van der Waals surface area contributed by atoms with Crippen LogP contribution < -0.4 is 16.4 Å². The fourth-order valence-electron chi connectivity index (χ4n) is 2.59. The van der Waals surface area contributed by atoms with Gasteiger partial charge < -0.3 is 21.1 Å². The number of para-hydroxylation sites is 1. The summed E-state index contributed by atoms with van der Waals surface area (Å²) < 4.78 is 5.24. The summed E-state index contributed by atoms with van der Waals surface area (Å²) in [5.74, 6) is -0.285. The fraction of sp³-hybridized carbons (Fsp3) is 0.333. The lowest BCUT2D eigenvalue weighted by atomic mass is 10.1. The number of nitrogens with two attached hydrogens (primary N) is 1. The van der Waals surface area contributed by atoms with Gasteiger partial charge in [0.25, 0.3) is 5.91 Å². The molecule has 0 aromatic heterocycles. The summed E-state index contributed by atoms with van der Waals surface area (Å²) in [5.41, 5.74) is 8.65. The van der Waals surface area contributed by atoms with E-state index >= 15 is 0 Å². The molecule has 0 atom stereocenters. The minimum atomic E-state index is -0.167. The SMILES string of the molecule is CCOCCCNC(=O)c1cccc(NC(=O)CCc2ccccc2N)c1. The third-order valence-electron chi connectivity index (χ3n) is 4.04. The Kier molecular flexibility index (Phi) is 8.32. The summed E-state index contributed by atoms with van der Waals surface area (Å²) in [7, 11) is 0. The molecule has 27 heavy (non-hydrogen) atoms. The summed E-state index contributed by atoms with van der Waals surface area (Å²) in [6.07, 6.45) is 1.65. The summed E-state index contributed by atoms with van der Waals surface area (Å²) in [5, 5.41) is 5.68. The lowest BCUT2D eigenvalue weighted by molar-refractivity contribution is -0.116. The van der Waals surface area contributed by atoms with Crippen molar-refractivity contribution < 1.29 is 14.3 Å². The van der Waals surface area contributed by atoms with Crippen LogP contribution in [-0.2, 0) is 16.0 Å². The van der Waals surface area contributed by atoms with Crippen LogP contribution in [0, 0.1) is 0 Å². The van der Waals surface area contributed by atoms with Gasteiger partial charge in [-0.1, -0.05) is 24.3 Å². The van der Waals surface area contributed by atoms with Crippen molar-refractivity contribution in [2.45, 2.75) is 26.2 Å². The van der Waals surface area contributed by atoms with E-state index in [4.69, 9.17) is 10.5 Å². The van der Waals surface area contributed by atoms with Crippen LogP contribution in [0.2, 0.25) is 0 Å². The van der Waals surface area contributed by atoms with Crippen LogP contribution in [-0.4, -0.2) is 31.6 Å². The Bertz CT molecular complexity index is 762. The minimum absolute atomic E-state index is 0.118. The number of carbonyl (C=O) groups excluding carboxylic acids is 2. The van der Waals surface area contributed by atoms with E-state index in [0.29, 0.717) is 49.5 Å². The van der Waals surface area contributed by atoms with Gasteiger partial charge in [-0.3, -0.25) is 9.59 Å². The molecule has 0 saturated carbocycles. The molecule has 2 rings (SSSR count). The number of rotatable bonds is 10. The second kappa shape index (κ2) is 11.0. The molecule has 4 N–H and O–H groups in total. The molecule has 0 fully saturated rings. The Morgan fingerprint density at radius 3 is 2.70 bits per heavy atom. The number of carbonyl (C=O) groups is 2. The molecule has 0 bridgehead atoms. The summed E-state index contributed by atoms with van der Waals surface area (Å²) in [6.45, 7) is 3.78. The minimum Gasteiger partial charge on any atom is -0.399 e. The molecule has 0 heterocycles. The number of amides is 2. The number of anilines is 2. The molecular formula is C21H27N3O3. The van der Waals surface area contributed by atoms with E-state index in [1.807, 2.05) is 31.2 Å². The van der Waals surface area contributed by atoms with Gasteiger partial charge in [-0.2, -0.15) is 0 Å². The maximum absolute atomic E-state index is 12.2. The lowest BCUT2D eigenvalue weighted by Crippen LogP contribution is -2.25. The van der Waals surface area contributed by atoms with Gasteiger partial charge in [0, 0.05) is 43.1 Å². The highest BCUT2D eigenvalue weighted by Gasteiger charge is 2.08. The van der Waals surface area contributed by atoms with E-state index in [9.17, 15) is 9.59 Å². The highest BCUT2D eigenvalue weighted by Crippen LogP contribution is 2.15. The molecule has 0 unspecified atom stereocenters. The standard InChI is InChI=1S/C21H27N3O3/c1-2-27-14-6-13-23-21(26)17-8-5-9-18(15-17)24-20(25)12-11-16-7-3-4-10-19(16)22/h3-5,7-10,15H,2,6,11-14,22H2,1H3,(H,23,26)(H,24,25). The predicted molar refractivity (Wildman–Crippen MR) is 108 cm³/mol. The fourth-order valence-corrected chi connectivity index (χ4v) is 2.59. The zero-order valence-electron chi connectivity index (χ0n) is 15.7. The Balaban J connectivity index is 1.82. The smallest absolute Gasteiger partial charge is 0.251 e. The van der Waals surface area contributed by atoms with E-state index in [1.54, 1.807) is 24.3 Å². The molecule has 0 saturated heterocycles. The molecule has 0 aliphatic carbocycles. The first-order valence-corrected chi connectivity index (χ1v) is 9.19. The highest BCUT2D eigenvalue weighted by atomic mass is 16.5. The van der Waals surface area contributed by atoms with Crippen molar-refractivity contribution in [1.29, 1.82) is 0 Å². The quantitative estimate of drug-likeness (QED) is 0.443. The normalized spacial score (nSPS) is 10.4. The van der Waals surface area contributed by atoms with Crippen molar-refractivity contribution in [3.8, 4) is 0 Å². The monoisotopic (exact) mass is 369 g/mol. The van der Waals surface area contributed by atoms with Gasteiger partial charge in [-0.25, -0.2) is 0 Å². The topological polar surface area (TPSA) is 93.5 Å². The third kappa shape index (κ3) is 7.11. The Morgan fingerprint density at radius 2 is 1.93 bits per heavy atom. The van der Waals surface area contributed by atoms with Gasteiger partial charge in [-0.15, -0.1) is 0 Å². The Morgan fingerprint density at radius 1 is 1.11 bits per heavy atom. The molecule has 0 spiro atoms. The molecule has 0 radical (unpaired) electrons. The van der Waals surface area contributed by atoms with Crippen LogP contribution >= 0.6 is 0 Å². The van der Waals surface area contributed by atoms with E-state index < -0.39 is 0 Å². The maximum atomic E-state index is 12.2. The number of nitrogen functional groups attached to an aromatic ring is 1. The Hall–Kier alpha value is -2.86. The average Bonchev–Trinajstić information content (AvgIpc) is 2.67. The van der Waals surface area contributed by atoms with E-state index in [1.165, 1.54) is 0 Å². The molecule has 2 aromatic rings. The van der Waals surface area contributed by atoms with Crippen molar-refractivity contribution in [3.05, 3.63) is 59.7 Å². The van der Waals surface area contributed by atoms with Crippen molar-refractivity contribution >= 4 is 23.2 Å². The number of ether oxygens (including phenoxy) is 1. The number of aryl methyl sites for hydroxylation is 1. The van der Waals surface area contributed by atoms with Crippen LogP contribution in [0.3, 0.4) is 0 Å². The van der Waals surface area contributed by atoms with E-state index in [-0.39, 0.29) is 11.8 Å². The van der Waals surface area contributed by atoms with Gasteiger partial charge in [0.15, 0.2) is 0 Å². The Labute approximate surface area is 160 Å². The van der Waals surface area contributed by atoms with Gasteiger partial charge in [0.2, 0.25) is 5.91 Å². The van der Waals surface area contributed by atoms with Crippen molar-refractivity contribution in [3.63, 3.8) is 0 Å². The third-order valence-corrected chi connectivity index (χ3v) is 4.04. The van der Waals surface area contributed by atoms with Gasteiger partial charge in [0.05, 0.1) is 0 Å². The first kappa shape index (κ1) is 20.5. The molecule has 2 aromatic carbocycles. The molecule has 144 valence electrons. The summed E-state index contributed by atoms with van der Waals surface area (Å²) in [6, 6.07) is 14.4. The number of nitrogens with one attached hydrogen (secondary N) is 2. The van der Waals surface area contributed by atoms with Gasteiger partial charge >= 0.3 is 0 Å². The van der Waals surface area contributed by atoms with Crippen LogP contribution in [0.5, 0.6) is 0 Å². The van der Waals surface area contributed by atoms with Crippen LogP contribution in [0.4, 0.5) is 11.4 Å². The first-order valence-electron chi connectivity index (χ1n) is 9.19. The average molecular weight is 369 g/mol. The predicted octanol–water partition coefficient (Wildman–Crippen LogP) is 3.00. The van der Waals surface area contributed by atoms with Gasteiger partial charge in [-0.05, 0) is 49.6 Å². The molecule has 0 aliphatic heterocycles. The molecule has 6 heteroatoms. The largest absolute Gasteiger partial charge is 0.399 e. The number of hydrogen-bond acceptors (Lipinski definition) is 4. The zero-order valence-corrected chi connectivity index (χ0v) is 15.7. The molecule has 2 amide bonds.